The number of allylic oxidation sites excluding steroid dienone is 4. The van der Waals surface area contributed by atoms with Crippen LogP contribution in [0.5, 0.6) is 0 Å². The Morgan fingerprint density at radius 2 is 2.09 bits per heavy atom. The smallest absolute Gasteiger partial charge is 0.258 e. The molecule has 4 N–H and O–H groups in total. The summed E-state index contributed by atoms with van der Waals surface area (Å²) in [5.74, 6) is 0.505. The van der Waals surface area contributed by atoms with E-state index < -0.39 is 5.54 Å². The zero-order valence-electron chi connectivity index (χ0n) is 20.4. The van der Waals surface area contributed by atoms with Crippen LogP contribution in [0.3, 0.4) is 0 Å². The van der Waals surface area contributed by atoms with Crippen molar-refractivity contribution in [3.8, 4) is 6.07 Å². The summed E-state index contributed by atoms with van der Waals surface area (Å²) in [5, 5.41) is 26.5. The van der Waals surface area contributed by atoms with Crippen LogP contribution in [0.25, 0.3) is 0 Å². The lowest BCUT2D eigenvalue weighted by molar-refractivity contribution is -0.115. The lowest BCUT2D eigenvalue weighted by atomic mass is 9.76. The second-order valence-electron chi connectivity index (χ2n) is 9.47. The van der Waals surface area contributed by atoms with Crippen LogP contribution in [0.4, 0.5) is 0 Å². The number of amidine groups is 1. The molecule has 2 aliphatic carbocycles. The highest BCUT2D eigenvalue weighted by molar-refractivity contribution is 6.06. The van der Waals surface area contributed by atoms with Crippen molar-refractivity contribution in [1.82, 2.24) is 16.0 Å². The maximum absolute atomic E-state index is 12.9. The lowest BCUT2D eigenvalue weighted by Gasteiger charge is -2.28. The number of rotatable bonds is 7. The zero-order chi connectivity index (χ0) is 24.5. The predicted molar refractivity (Wildman–Crippen MR) is 135 cm³/mol. The maximum atomic E-state index is 12.9. The van der Waals surface area contributed by atoms with E-state index >= 15 is 0 Å². The summed E-state index contributed by atoms with van der Waals surface area (Å²) in [6.45, 7) is 8.34. The highest BCUT2D eigenvalue weighted by Gasteiger charge is 2.42. The van der Waals surface area contributed by atoms with Crippen molar-refractivity contribution < 1.29 is 4.79 Å². The van der Waals surface area contributed by atoms with Crippen molar-refractivity contribution in [2.75, 3.05) is 0 Å². The van der Waals surface area contributed by atoms with E-state index in [0.717, 1.165) is 37.0 Å². The summed E-state index contributed by atoms with van der Waals surface area (Å²) in [6.07, 6.45) is 11.2. The third-order valence-corrected chi connectivity index (χ3v) is 7.08. The van der Waals surface area contributed by atoms with Crippen molar-refractivity contribution in [2.45, 2.75) is 64.8 Å². The number of nitrogens with one attached hydrogen (secondary N) is 4. The van der Waals surface area contributed by atoms with Gasteiger partial charge in [-0.1, -0.05) is 44.2 Å². The molecule has 1 aliphatic heterocycles. The van der Waals surface area contributed by atoms with Gasteiger partial charge >= 0.3 is 0 Å². The number of carbonyl (C=O) groups excluding carboxylic acids is 1. The second kappa shape index (κ2) is 9.34. The van der Waals surface area contributed by atoms with E-state index in [1.165, 1.54) is 16.7 Å². The van der Waals surface area contributed by atoms with Gasteiger partial charge in [0.2, 0.25) is 0 Å². The molecule has 2 unspecified atom stereocenters. The molecule has 6 nitrogen and oxygen atoms in total. The summed E-state index contributed by atoms with van der Waals surface area (Å²) < 4.78 is 0. The number of aryl methyl sites for hydroxylation is 2. The monoisotopic (exact) mass is 455 g/mol. The number of amides is 1. The van der Waals surface area contributed by atoms with Crippen LogP contribution in [0, 0.1) is 29.6 Å². The molecule has 2 atom stereocenters. The third kappa shape index (κ3) is 4.56. The Morgan fingerprint density at radius 1 is 1.32 bits per heavy atom. The molecule has 1 saturated heterocycles. The number of hydrogen-bond donors (Lipinski definition) is 4. The molecule has 0 aromatic heterocycles. The van der Waals surface area contributed by atoms with E-state index in [2.05, 4.69) is 73.1 Å². The van der Waals surface area contributed by atoms with Gasteiger partial charge in [0.25, 0.3) is 5.91 Å². The van der Waals surface area contributed by atoms with Crippen molar-refractivity contribution in [2.24, 2.45) is 5.92 Å². The van der Waals surface area contributed by atoms with Crippen molar-refractivity contribution in [3.05, 3.63) is 81.9 Å². The fourth-order valence-corrected chi connectivity index (χ4v) is 4.77. The van der Waals surface area contributed by atoms with Gasteiger partial charge in [-0.25, -0.2) is 0 Å². The minimum absolute atomic E-state index is 0.145. The van der Waals surface area contributed by atoms with E-state index in [1.807, 2.05) is 6.92 Å². The number of nitriles is 1. The average Bonchev–Trinajstić information content (AvgIpc) is 3.52. The van der Waals surface area contributed by atoms with Crippen molar-refractivity contribution in [3.63, 3.8) is 0 Å². The highest BCUT2D eigenvalue weighted by atomic mass is 16.2. The molecule has 0 bridgehead atoms. The summed E-state index contributed by atoms with van der Waals surface area (Å²) in [7, 11) is 0. The molecular formula is C28H33N5O. The van der Waals surface area contributed by atoms with Crippen LogP contribution < -0.4 is 16.0 Å². The first-order chi connectivity index (χ1) is 16.3. The Hall–Kier alpha value is -3.59. The van der Waals surface area contributed by atoms with E-state index in [-0.39, 0.29) is 17.7 Å². The molecule has 34 heavy (non-hydrogen) atoms. The Balaban J connectivity index is 1.62. The van der Waals surface area contributed by atoms with Crippen LogP contribution in [0.2, 0.25) is 0 Å². The van der Waals surface area contributed by atoms with E-state index in [4.69, 9.17) is 10.7 Å². The van der Waals surface area contributed by atoms with Gasteiger partial charge in [0.1, 0.15) is 11.4 Å². The van der Waals surface area contributed by atoms with E-state index in [9.17, 15) is 4.79 Å². The fourth-order valence-electron chi connectivity index (χ4n) is 4.77. The normalized spacial score (nSPS) is 23.9. The Kier molecular flexibility index (Phi) is 6.47. The molecule has 1 aromatic rings. The van der Waals surface area contributed by atoms with E-state index in [1.54, 1.807) is 12.3 Å². The van der Waals surface area contributed by atoms with Crippen LogP contribution in [-0.4, -0.2) is 17.3 Å². The molecular weight excluding hydrogens is 422 g/mol. The van der Waals surface area contributed by atoms with Gasteiger partial charge < -0.3 is 16.0 Å². The van der Waals surface area contributed by atoms with Gasteiger partial charge in [-0.2, -0.15) is 5.26 Å². The quantitative estimate of drug-likeness (QED) is 0.274. The van der Waals surface area contributed by atoms with Gasteiger partial charge in [-0.15, -0.1) is 0 Å². The van der Waals surface area contributed by atoms with Crippen LogP contribution in [0.1, 0.15) is 62.6 Å². The molecule has 1 amide bonds. The fraction of sp³-hybridized carbons (Fsp3) is 0.393. The zero-order valence-corrected chi connectivity index (χ0v) is 20.4. The number of nitrogens with zero attached hydrogens (tertiary/aromatic N) is 1. The van der Waals surface area contributed by atoms with Crippen molar-refractivity contribution >= 4 is 11.7 Å². The highest BCUT2D eigenvalue weighted by Crippen LogP contribution is 2.42. The molecule has 1 aromatic carbocycles. The largest absolute Gasteiger partial charge is 0.373 e. The molecule has 0 radical (unpaired) electrons. The molecule has 3 aliphatic rings. The first kappa shape index (κ1) is 23.6. The summed E-state index contributed by atoms with van der Waals surface area (Å²) in [6, 6.07) is 8.94. The molecule has 6 heteroatoms. The number of benzene rings is 1. The molecule has 4 rings (SSSR count). The third-order valence-electron chi connectivity index (χ3n) is 7.08. The average molecular weight is 456 g/mol. The number of carbonyl (C=O) groups is 1. The Labute approximate surface area is 202 Å². The molecule has 176 valence electrons. The van der Waals surface area contributed by atoms with Crippen molar-refractivity contribution in [1.29, 1.82) is 10.7 Å². The first-order valence-electron chi connectivity index (χ1n) is 12.1. The minimum atomic E-state index is -0.472. The topological polar surface area (TPSA) is 101 Å². The lowest BCUT2D eigenvalue weighted by Crippen LogP contribution is -2.26. The molecule has 0 spiro atoms. The standard InChI is InChI=1S/C28H33N5O/c1-5-19-8-7-17(3)21(13-19)22-15-23-24(14-20(22)6-2)33-27(34)26(23)18(4)32-25(30)9-12-31-28(16-29)10-11-28/h7-9,12-15,20,22,31H,5-6,10-11H2,1-4H3,(H2,30,32)(H,33,34)/b12-9-,26-18-. The molecule has 1 saturated carbocycles. The molecule has 2 fully saturated rings. The van der Waals surface area contributed by atoms with Gasteiger partial charge in [0.15, 0.2) is 0 Å². The second-order valence-corrected chi connectivity index (χ2v) is 9.47. The maximum Gasteiger partial charge on any atom is 0.258 e. The summed E-state index contributed by atoms with van der Waals surface area (Å²) >= 11 is 0. The van der Waals surface area contributed by atoms with Gasteiger partial charge in [0.05, 0.1) is 11.6 Å². The summed E-state index contributed by atoms with van der Waals surface area (Å²) in [4.78, 5) is 12.9. The minimum Gasteiger partial charge on any atom is -0.373 e. The van der Waals surface area contributed by atoms with Crippen LogP contribution in [0.15, 0.2) is 65.2 Å². The predicted octanol–water partition coefficient (Wildman–Crippen LogP) is 4.62. The SMILES string of the molecule is CCc1ccc(C)c(C2C=C3C(=CC2CC)NC(=O)/C3=C(/C)NC(=N)/C=C\NC2(C#N)CC2)c1. The number of fused-ring (bicyclic) bond motifs is 1. The Morgan fingerprint density at radius 3 is 2.74 bits per heavy atom. The van der Waals surface area contributed by atoms with E-state index in [0.29, 0.717) is 17.2 Å². The Bertz CT molecular complexity index is 1190. The number of hydrogen-bond acceptors (Lipinski definition) is 4. The molecule has 1 heterocycles. The van der Waals surface area contributed by atoms with Crippen LogP contribution in [-0.2, 0) is 11.2 Å². The van der Waals surface area contributed by atoms with Gasteiger partial charge in [-0.3, -0.25) is 10.2 Å². The summed E-state index contributed by atoms with van der Waals surface area (Å²) in [5.41, 5.74) is 6.40. The van der Waals surface area contributed by atoms with Gasteiger partial charge in [0, 0.05) is 29.1 Å². The first-order valence-corrected chi connectivity index (χ1v) is 12.1. The van der Waals surface area contributed by atoms with Crippen LogP contribution >= 0.6 is 0 Å². The van der Waals surface area contributed by atoms with Gasteiger partial charge in [-0.05, 0) is 68.2 Å².